The third-order valence-electron chi connectivity index (χ3n) is 3.24. The number of nitrogens with zero attached hydrogens (tertiary/aromatic N) is 3. The fourth-order valence-electron chi connectivity index (χ4n) is 2.21. The average molecular weight is 329 g/mol. The van der Waals surface area contributed by atoms with Crippen molar-refractivity contribution >= 4 is 28.9 Å². The Kier molecular flexibility index (Phi) is 4.16. The zero-order chi connectivity index (χ0) is 16.2. The Bertz CT molecular complexity index is 816. The molecule has 0 aliphatic carbocycles. The van der Waals surface area contributed by atoms with Gasteiger partial charge in [0.15, 0.2) is 12.2 Å². The number of benzene rings is 2. The molecular weight excluding hydrogens is 316 g/mol. The van der Waals surface area contributed by atoms with Crippen LogP contribution in [0.5, 0.6) is 0 Å². The third-order valence-corrected chi connectivity index (χ3v) is 3.48. The largest absolute Gasteiger partial charge is 0.444 e. The van der Waals surface area contributed by atoms with Crippen LogP contribution >= 0.6 is 11.6 Å². The van der Waals surface area contributed by atoms with Gasteiger partial charge in [0.25, 0.3) is 0 Å². The Balaban J connectivity index is 2.00. The first kappa shape index (κ1) is 14.9. The van der Waals surface area contributed by atoms with Crippen LogP contribution in [0.15, 0.2) is 70.7 Å². The summed E-state index contributed by atoms with van der Waals surface area (Å²) in [6.45, 7) is 0. The quantitative estimate of drug-likeness (QED) is 0.330. The van der Waals surface area contributed by atoms with Gasteiger partial charge in [-0.05, 0) is 42.5 Å². The van der Waals surface area contributed by atoms with Crippen LogP contribution < -0.4 is 10.6 Å². The number of anilines is 2. The lowest BCUT2D eigenvalue weighted by Gasteiger charge is -2.23. The molecule has 3 aromatic rings. The fraction of sp³-hybridized carbons (Fsp3) is 0. The summed E-state index contributed by atoms with van der Waals surface area (Å²) < 4.78 is 5.26. The summed E-state index contributed by atoms with van der Waals surface area (Å²) in [6, 6.07) is 14.5. The van der Waals surface area contributed by atoms with Gasteiger partial charge in [-0.1, -0.05) is 22.8 Å². The second kappa shape index (κ2) is 6.41. The predicted molar refractivity (Wildman–Crippen MR) is 88.9 cm³/mol. The Hall–Kier alpha value is -2.99. The van der Waals surface area contributed by atoms with Crippen molar-refractivity contribution in [1.29, 1.82) is 0 Å². The molecule has 0 spiro atoms. The van der Waals surface area contributed by atoms with Crippen LogP contribution in [0.1, 0.15) is 0 Å². The van der Waals surface area contributed by atoms with Crippen molar-refractivity contribution in [3.05, 3.63) is 66.1 Å². The van der Waals surface area contributed by atoms with E-state index in [-0.39, 0.29) is 5.96 Å². The summed E-state index contributed by atoms with van der Waals surface area (Å²) in [5.41, 5.74) is 8.08. The molecule has 0 saturated heterocycles. The number of halogens is 1. The second-order valence-electron chi connectivity index (χ2n) is 4.69. The van der Waals surface area contributed by atoms with E-state index in [2.05, 4.69) is 10.1 Å². The van der Waals surface area contributed by atoms with E-state index in [1.54, 1.807) is 29.3 Å². The molecule has 1 aromatic heterocycles. The van der Waals surface area contributed by atoms with Gasteiger partial charge in [-0.15, -0.1) is 0 Å². The molecule has 3 rings (SSSR count). The Morgan fingerprint density at radius 3 is 2.57 bits per heavy atom. The molecule has 0 saturated carbocycles. The first-order chi connectivity index (χ1) is 11.2. The SMILES string of the molecule is NC(=NO)N(c1ccc(-c2cnco2)cc1)c1cccc(Cl)c1. The first-order valence-electron chi connectivity index (χ1n) is 6.71. The van der Waals surface area contributed by atoms with Gasteiger partial charge < -0.3 is 15.4 Å². The van der Waals surface area contributed by atoms with Crippen LogP contribution in [-0.4, -0.2) is 16.2 Å². The summed E-state index contributed by atoms with van der Waals surface area (Å²) in [6.07, 6.45) is 3.01. The van der Waals surface area contributed by atoms with Crippen LogP contribution in [0.25, 0.3) is 11.3 Å². The predicted octanol–water partition coefficient (Wildman–Crippen LogP) is 3.84. The van der Waals surface area contributed by atoms with E-state index in [9.17, 15) is 0 Å². The topological polar surface area (TPSA) is 87.9 Å². The van der Waals surface area contributed by atoms with E-state index in [1.807, 2.05) is 30.3 Å². The normalized spacial score (nSPS) is 11.4. The number of aromatic nitrogens is 1. The lowest BCUT2D eigenvalue weighted by Crippen LogP contribution is -2.33. The van der Waals surface area contributed by atoms with E-state index < -0.39 is 0 Å². The Labute approximate surface area is 137 Å². The van der Waals surface area contributed by atoms with Crippen molar-refractivity contribution < 1.29 is 9.62 Å². The number of nitrogens with two attached hydrogens (primary N) is 1. The number of guanidine groups is 1. The molecular formula is C16H13ClN4O2. The van der Waals surface area contributed by atoms with Crippen LogP contribution in [0, 0.1) is 0 Å². The van der Waals surface area contributed by atoms with Crippen LogP contribution in [0.3, 0.4) is 0 Å². The van der Waals surface area contributed by atoms with Crippen molar-refractivity contribution in [1.82, 2.24) is 4.98 Å². The summed E-state index contributed by atoms with van der Waals surface area (Å²) in [5.74, 6) is 0.592. The van der Waals surface area contributed by atoms with Gasteiger partial charge in [0, 0.05) is 16.3 Å². The highest BCUT2D eigenvalue weighted by Gasteiger charge is 2.15. The monoisotopic (exact) mass is 328 g/mol. The minimum atomic E-state index is -0.0697. The molecule has 7 heteroatoms. The summed E-state index contributed by atoms with van der Waals surface area (Å²) >= 11 is 6.03. The molecule has 3 N–H and O–H groups in total. The molecule has 0 atom stereocenters. The highest BCUT2D eigenvalue weighted by Crippen LogP contribution is 2.29. The lowest BCUT2D eigenvalue weighted by atomic mass is 10.1. The van der Waals surface area contributed by atoms with Crippen molar-refractivity contribution in [3.63, 3.8) is 0 Å². The van der Waals surface area contributed by atoms with Crippen LogP contribution in [-0.2, 0) is 0 Å². The number of oxazole rings is 1. The van der Waals surface area contributed by atoms with Gasteiger partial charge in [0.2, 0.25) is 5.96 Å². The molecule has 2 aromatic carbocycles. The first-order valence-corrected chi connectivity index (χ1v) is 7.09. The zero-order valence-corrected chi connectivity index (χ0v) is 12.7. The Morgan fingerprint density at radius 2 is 1.96 bits per heavy atom. The lowest BCUT2D eigenvalue weighted by molar-refractivity contribution is 0.317. The maximum atomic E-state index is 9.07. The molecule has 0 aliphatic heterocycles. The molecule has 0 bridgehead atoms. The zero-order valence-electron chi connectivity index (χ0n) is 11.9. The van der Waals surface area contributed by atoms with Gasteiger partial charge >= 0.3 is 0 Å². The second-order valence-corrected chi connectivity index (χ2v) is 5.12. The van der Waals surface area contributed by atoms with E-state index in [1.165, 1.54) is 6.39 Å². The molecule has 6 nitrogen and oxygen atoms in total. The molecule has 116 valence electrons. The van der Waals surface area contributed by atoms with Gasteiger partial charge in [0.05, 0.1) is 11.9 Å². The van der Waals surface area contributed by atoms with Gasteiger partial charge in [0.1, 0.15) is 0 Å². The summed E-state index contributed by atoms with van der Waals surface area (Å²) in [4.78, 5) is 5.47. The average Bonchev–Trinajstić information content (AvgIpc) is 3.10. The van der Waals surface area contributed by atoms with Crippen molar-refractivity contribution in [2.75, 3.05) is 4.90 Å². The van der Waals surface area contributed by atoms with Crippen molar-refractivity contribution in [3.8, 4) is 11.3 Å². The Morgan fingerprint density at radius 1 is 1.17 bits per heavy atom. The molecule has 0 unspecified atom stereocenters. The third kappa shape index (κ3) is 3.12. The maximum Gasteiger partial charge on any atom is 0.242 e. The van der Waals surface area contributed by atoms with E-state index in [0.717, 1.165) is 5.56 Å². The fourth-order valence-corrected chi connectivity index (χ4v) is 2.39. The number of oxime groups is 1. The van der Waals surface area contributed by atoms with Gasteiger partial charge in [-0.25, -0.2) is 4.98 Å². The number of hydrogen-bond donors (Lipinski definition) is 2. The maximum absolute atomic E-state index is 9.07. The van der Waals surface area contributed by atoms with Gasteiger partial charge in [-0.2, -0.15) is 0 Å². The van der Waals surface area contributed by atoms with Crippen LogP contribution in [0.2, 0.25) is 5.02 Å². The summed E-state index contributed by atoms with van der Waals surface area (Å²) in [5, 5.41) is 12.7. The van der Waals surface area contributed by atoms with E-state index >= 15 is 0 Å². The minimum absolute atomic E-state index is 0.0697. The van der Waals surface area contributed by atoms with E-state index in [0.29, 0.717) is 22.2 Å². The highest BCUT2D eigenvalue weighted by molar-refractivity contribution is 6.31. The molecule has 0 radical (unpaired) electrons. The van der Waals surface area contributed by atoms with E-state index in [4.69, 9.17) is 27.0 Å². The highest BCUT2D eigenvalue weighted by atomic mass is 35.5. The molecule has 0 aliphatic rings. The smallest absolute Gasteiger partial charge is 0.242 e. The number of hydrogen-bond acceptors (Lipinski definition) is 4. The minimum Gasteiger partial charge on any atom is -0.444 e. The molecule has 0 amide bonds. The van der Waals surface area contributed by atoms with Crippen LogP contribution in [0.4, 0.5) is 11.4 Å². The van der Waals surface area contributed by atoms with Crippen molar-refractivity contribution in [2.45, 2.75) is 0 Å². The number of rotatable bonds is 3. The standard InChI is InChI=1S/C16H13ClN4O2/c17-12-2-1-3-14(8-12)21(16(18)20-22)13-6-4-11(5-7-13)15-9-19-10-23-15/h1-10,22H,(H2,18,20). The molecule has 1 heterocycles. The molecule has 23 heavy (non-hydrogen) atoms. The van der Waals surface area contributed by atoms with Gasteiger partial charge in [-0.3, -0.25) is 4.90 Å². The molecule has 0 fully saturated rings. The van der Waals surface area contributed by atoms with Crippen molar-refractivity contribution in [2.24, 2.45) is 10.9 Å². The summed E-state index contributed by atoms with van der Waals surface area (Å²) in [7, 11) is 0.